The second-order valence-electron chi connectivity index (χ2n) is 21.3. The van der Waals surface area contributed by atoms with E-state index >= 15 is 13.2 Å². The standard InChI is InChI=1S/C59H72F4N6O7/c1-3-5-7-9-11-13-15-18-49(70)74-38-75-58(72)69-42-25-26-43(69)36-67(35-42)56-46-34-64-54(45-33-44(32-40-22-27-47(61)52(62)51(40)45)76-50(71)19-16-14-12-10-8-6-4-2)53(63)55(46)65-57(66-56)73-37-59-29-17-31-68(59)48(28-30-59)39-20-23-41(60)24-21-39/h20-24,27,32-34,42-43,48H,3-19,25-26,28-31,35-38H2,1-2H3. The summed E-state index contributed by atoms with van der Waals surface area (Å²) in [6.45, 7) is 5.42. The summed E-state index contributed by atoms with van der Waals surface area (Å²) < 4.78 is 85.9. The van der Waals surface area contributed by atoms with Crippen LogP contribution in [0.5, 0.6) is 11.8 Å². The van der Waals surface area contributed by atoms with Crippen molar-refractivity contribution < 1.29 is 50.9 Å². The topological polar surface area (TPSA) is 137 Å². The molecule has 408 valence electrons. The Bertz CT molecular complexity index is 2830. The van der Waals surface area contributed by atoms with E-state index in [0.717, 1.165) is 95.2 Å². The molecule has 0 spiro atoms. The fourth-order valence-corrected chi connectivity index (χ4v) is 12.2. The number of hydrogen-bond acceptors (Lipinski definition) is 12. The average Bonchev–Trinajstić information content (AvgIpc) is 4.08. The van der Waals surface area contributed by atoms with Gasteiger partial charge in [0, 0.05) is 49.1 Å². The number of aromatic nitrogens is 3. The van der Waals surface area contributed by atoms with Crippen LogP contribution in [0.15, 0.2) is 54.7 Å². The number of carbonyl (C=O) groups is 3. The normalized spacial score (nSPS) is 20.2. The maximum atomic E-state index is 17.7. The summed E-state index contributed by atoms with van der Waals surface area (Å²) in [7, 11) is 0. The summed E-state index contributed by atoms with van der Waals surface area (Å²) >= 11 is 0. The molecule has 4 fully saturated rings. The molecule has 4 aliphatic heterocycles. The lowest BCUT2D eigenvalue weighted by molar-refractivity contribution is -0.152. The first-order valence-corrected chi connectivity index (χ1v) is 28.0. The lowest BCUT2D eigenvalue weighted by Gasteiger charge is -2.41. The predicted octanol–water partition coefficient (Wildman–Crippen LogP) is 13.6. The highest BCUT2D eigenvalue weighted by atomic mass is 19.2. The molecule has 76 heavy (non-hydrogen) atoms. The number of carbonyl (C=O) groups excluding carboxylic acids is 3. The number of ether oxygens (including phenoxy) is 4. The van der Waals surface area contributed by atoms with Gasteiger partial charge in [-0.2, -0.15) is 9.97 Å². The smallest absolute Gasteiger partial charge is 0.413 e. The van der Waals surface area contributed by atoms with E-state index in [0.29, 0.717) is 31.5 Å². The maximum absolute atomic E-state index is 17.7. The Morgan fingerprint density at radius 3 is 2.09 bits per heavy atom. The van der Waals surface area contributed by atoms with Crippen molar-refractivity contribution in [3.63, 3.8) is 0 Å². The minimum absolute atomic E-state index is 0.0274. The van der Waals surface area contributed by atoms with Crippen molar-refractivity contribution >= 4 is 45.5 Å². The number of piperazine rings is 1. The van der Waals surface area contributed by atoms with Crippen LogP contribution in [0.3, 0.4) is 0 Å². The Labute approximate surface area is 443 Å². The van der Waals surface area contributed by atoms with Crippen LogP contribution in [-0.4, -0.2) is 93.4 Å². The van der Waals surface area contributed by atoms with Crippen LogP contribution in [0.4, 0.5) is 28.2 Å². The summed E-state index contributed by atoms with van der Waals surface area (Å²) in [6, 6.07) is 11.0. The van der Waals surface area contributed by atoms with Gasteiger partial charge in [0.1, 0.15) is 35.2 Å². The third-order valence-electron chi connectivity index (χ3n) is 16.1. The number of nitrogens with zero attached hydrogens (tertiary/aromatic N) is 6. The molecule has 0 N–H and O–H groups in total. The Hall–Kier alpha value is -6.10. The summed E-state index contributed by atoms with van der Waals surface area (Å²) in [4.78, 5) is 59.5. The Balaban J connectivity index is 0.981. The monoisotopic (exact) mass is 1050 g/mol. The molecule has 0 aliphatic carbocycles. The fourth-order valence-electron chi connectivity index (χ4n) is 12.2. The lowest BCUT2D eigenvalue weighted by Crippen LogP contribution is -2.56. The molecule has 2 aromatic heterocycles. The molecule has 0 radical (unpaired) electrons. The van der Waals surface area contributed by atoms with E-state index < -0.39 is 42.3 Å². The zero-order valence-corrected chi connectivity index (χ0v) is 44.1. The van der Waals surface area contributed by atoms with Crippen LogP contribution in [0.2, 0.25) is 0 Å². The minimum atomic E-state index is -1.22. The number of fused-ring (bicyclic) bond motifs is 5. The first-order valence-electron chi connectivity index (χ1n) is 28.0. The summed E-state index contributed by atoms with van der Waals surface area (Å²) in [5, 5.41) is 0.152. The zero-order valence-electron chi connectivity index (χ0n) is 44.1. The number of unbranched alkanes of at least 4 members (excludes halogenated alkanes) is 12. The molecule has 9 rings (SSSR count). The molecule has 6 heterocycles. The molecule has 0 saturated carbocycles. The van der Waals surface area contributed by atoms with Crippen LogP contribution in [-0.2, 0) is 19.1 Å². The van der Waals surface area contributed by atoms with E-state index in [1.807, 2.05) is 17.0 Å². The Kier molecular flexibility index (Phi) is 18.3. The summed E-state index contributed by atoms with van der Waals surface area (Å²) in [6.07, 6.45) is 20.4. The van der Waals surface area contributed by atoms with Gasteiger partial charge in [-0.25, -0.2) is 22.4 Å². The molecule has 17 heteroatoms. The number of rotatable bonds is 25. The highest BCUT2D eigenvalue weighted by Gasteiger charge is 2.50. The highest BCUT2D eigenvalue weighted by Crippen LogP contribution is 2.49. The van der Waals surface area contributed by atoms with Gasteiger partial charge in [0.15, 0.2) is 17.5 Å². The van der Waals surface area contributed by atoms with E-state index in [1.54, 1.807) is 4.90 Å². The van der Waals surface area contributed by atoms with Crippen molar-refractivity contribution in [2.45, 2.75) is 179 Å². The lowest BCUT2D eigenvalue weighted by atomic mass is 9.95. The first-order chi connectivity index (χ1) is 37.0. The summed E-state index contributed by atoms with van der Waals surface area (Å²) in [5.41, 5.74) is -0.0381. The number of pyridine rings is 1. The molecule has 4 saturated heterocycles. The second-order valence-corrected chi connectivity index (χ2v) is 21.3. The van der Waals surface area contributed by atoms with Crippen LogP contribution < -0.4 is 14.4 Å². The van der Waals surface area contributed by atoms with Gasteiger partial charge < -0.3 is 23.8 Å². The van der Waals surface area contributed by atoms with E-state index in [2.05, 4.69) is 23.7 Å². The van der Waals surface area contributed by atoms with Crippen molar-refractivity contribution in [2.75, 3.05) is 37.9 Å². The zero-order chi connectivity index (χ0) is 53.2. The van der Waals surface area contributed by atoms with Crippen LogP contribution >= 0.6 is 0 Å². The van der Waals surface area contributed by atoms with Gasteiger partial charge in [0.05, 0.1) is 23.0 Å². The van der Waals surface area contributed by atoms with Gasteiger partial charge in [0.25, 0.3) is 0 Å². The molecule has 4 atom stereocenters. The molecule has 4 unspecified atom stereocenters. The van der Waals surface area contributed by atoms with E-state index in [9.17, 15) is 18.8 Å². The van der Waals surface area contributed by atoms with E-state index in [4.69, 9.17) is 28.9 Å². The van der Waals surface area contributed by atoms with Gasteiger partial charge in [0.2, 0.25) is 6.79 Å². The minimum Gasteiger partial charge on any atom is -0.461 e. The fraction of sp³-hybridized carbons (Fsp3) is 0.559. The van der Waals surface area contributed by atoms with Gasteiger partial charge >= 0.3 is 24.0 Å². The second kappa shape index (κ2) is 25.4. The third kappa shape index (κ3) is 12.5. The number of hydrogen-bond donors (Lipinski definition) is 0. The quantitative estimate of drug-likeness (QED) is 0.0181. The van der Waals surface area contributed by atoms with Gasteiger partial charge in [-0.3, -0.25) is 24.4 Å². The highest BCUT2D eigenvalue weighted by molar-refractivity contribution is 6.00. The van der Waals surface area contributed by atoms with Gasteiger partial charge in [-0.1, -0.05) is 109 Å². The molecular formula is C59H72F4N6O7. The first kappa shape index (κ1) is 54.7. The number of halogens is 4. The number of esters is 2. The van der Waals surface area contributed by atoms with Crippen molar-refractivity contribution in [3.8, 4) is 23.0 Å². The average molecular weight is 1050 g/mol. The van der Waals surface area contributed by atoms with Crippen molar-refractivity contribution in [1.29, 1.82) is 0 Å². The maximum Gasteiger partial charge on any atom is 0.413 e. The number of amides is 1. The van der Waals surface area contributed by atoms with Gasteiger partial charge in [-0.05, 0) is 99.2 Å². The van der Waals surface area contributed by atoms with Crippen LogP contribution in [0.1, 0.15) is 167 Å². The largest absolute Gasteiger partial charge is 0.461 e. The number of benzene rings is 3. The SMILES string of the molecule is CCCCCCCCCC(=O)OCOC(=O)N1C2CCC1CN(c1nc(OCC34CCCN3C(c3ccc(F)cc3)CC4)nc3c(F)c(-c4cc(OC(=O)CCCCCCCCC)cc5ccc(F)c(F)c45)ncc13)C2. The molecule has 1 amide bonds. The molecule has 13 nitrogen and oxygen atoms in total. The van der Waals surface area contributed by atoms with Crippen molar-refractivity contribution in [1.82, 2.24) is 24.8 Å². The molecule has 2 bridgehead atoms. The van der Waals surface area contributed by atoms with Crippen molar-refractivity contribution in [3.05, 3.63) is 83.6 Å². The Morgan fingerprint density at radius 2 is 1.39 bits per heavy atom. The Morgan fingerprint density at radius 1 is 0.724 bits per heavy atom. The molecular weight excluding hydrogens is 981 g/mol. The van der Waals surface area contributed by atoms with E-state index in [1.165, 1.54) is 62.2 Å². The van der Waals surface area contributed by atoms with Crippen LogP contribution in [0.25, 0.3) is 32.9 Å². The molecule has 5 aromatic rings. The van der Waals surface area contributed by atoms with Gasteiger partial charge in [-0.15, -0.1) is 0 Å². The molecule has 3 aromatic carbocycles. The molecule has 4 aliphatic rings. The number of anilines is 1. The summed E-state index contributed by atoms with van der Waals surface area (Å²) in [5.74, 6) is -4.19. The predicted molar refractivity (Wildman–Crippen MR) is 282 cm³/mol. The third-order valence-corrected chi connectivity index (χ3v) is 16.1. The van der Waals surface area contributed by atoms with Crippen LogP contribution in [0, 0.1) is 23.3 Å². The van der Waals surface area contributed by atoms with Crippen molar-refractivity contribution in [2.24, 2.45) is 0 Å². The van der Waals surface area contributed by atoms with E-state index in [-0.39, 0.29) is 107 Å².